The van der Waals surface area contributed by atoms with Crippen LogP contribution in [0.2, 0.25) is 0 Å². The molecule has 0 aliphatic carbocycles. The molecule has 0 atom stereocenters. The molecule has 4 rings (SSSR count). The van der Waals surface area contributed by atoms with Gasteiger partial charge < -0.3 is 10.2 Å². The fourth-order valence-corrected chi connectivity index (χ4v) is 3.68. The van der Waals surface area contributed by atoms with E-state index in [2.05, 4.69) is 53.5 Å². The minimum atomic E-state index is -0.0817. The minimum absolute atomic E-state index is 0.0817. The van der Waals surface area contributed by atoms with Crippen LogP contribution in [-0.4, -0.2) is 19.0 Å². The molecule has 1 saturated heterocycles. The topological polar surface area (TPSA) is 32.3 Å². The van der Waals surface area contributed by atoms with Gasteiger partial charge >= 0.3 is 0 Å². The second kappa shape index (κ2) is 8.30. The maximum atomic E-state index is 12.6. The molecule has 3 nitrogen and oxygen atoms in total. The van der Waals surface area contributed by atoms with Crippen LogP contribution in [0.1, 0.15) is 35.7 Å². The van der Waals surface area contributed by atoms with Crippen molar-refractivity contribution >= 4 is 17.3 Å². The predicted molar refractivity (Wildman–Crippen MR) is 117 cm³/mol. The molecular weight excluding hydrogens is 344 g/mol. The molecule has 142 valence electrons. The lowest BCUT2D eigenvalue weighted by Gasteiger charge is -2.17. The lowest BCUT2D eigenvalue weighted by Crippen LogP contribution is -2.17. The van der Waals surface area contributed by atoms with Crippen molar-refractivity contribution in [2.45, 2.75) is 26.2 Å². The number of aryl methyl sites for hydroxylation is 1. The third-order valence-corrected chi connectivity index (χ3v) is 5.44. The first-order valence-electron chi connectivity index (χ1n) is 10.1. The van der Waals surface area contributed by atoms with Crippen molar-refractivity contribution in [3.63, 3.8) is 0 Å². The highest BCUT2D eigenvalue weighted by molar-refractivity contribution is 6.04. The van der Waals surface area contributed by atoms with Crippen molar-refractivity contribution in [2.75, 3.05) is 23.3 Å². The summed E-state index contributed by atoms with van der Waals surface area (Å²) in [5, 5.41) is 2.99. The SMILES string of the molecule is CCc1ccc(-c2ccc(C(=O)Nc3ccc(N4CCCC4)cc3)cc2)cc1. The van der Waals surface area contributed by atoms with Gasteiger partial charge in [-0.25, -0.2) is 0 Å². The Morgan fingerprint density at radius 3 is 1.96 bits per heavy atom. The van der Waals surface area contributed by atoms with E-state index in [4.69, 9.17) is 0 Å². The lowest BCUT2D eigenvalue weighted by atomic mass is 10.0. The highest BCUT2D eigenvalue weighted by atomic mass is 16.1. The van der Waals surface area contributed by atoms with Gasteiger partial charge in [-0.05, 0) is 72.4 Å². The molecule has 28 heavy (non-hydrogen) atoms. The number of rotatable bonds is 5. The second-order valence-corrected chi connectivity index (χ2v) is 7.32. The first kappa shape index (κ1) is 18.3. The van der Waals surface area contributed by atoms with Crippen molar-refractivity contribution in [3.05, 3.63) is 83.9 Å². The Morgan fingerprint density at radius 1 is 0.821 bits per heavy atom. The van der Waals surface area contributed by atoms with Crippen molar-refractivity contribution in [3.8, 4) is 11.1 Å². The van der Waals surface area contributed by atoms with Gasteiger partial charge in [0.05, 0.1) is 0 Å². The van der Waals surface area contributed by atoms with E-state index < -0.39 is 0 Å². The van der Waals surface area contributed by atoms with Gasteiger partial charge in [0.15, 0.2) is 0 Å². The van der Waals surface area contributed by atoms with Crippen LogP contribution in [-0.2, 0) is 6.42 Å². The smallest absolute Gasteiger partial charge is 0.255 e. The van der Waals surface area contributed by atoms with E-state index in [1.807, 2.05) is 36.4 Å². The summed E-state index contributed by atoms with van der Waals surface area (Å²) in [5.41, 5.74) is 6.34. The molecule has 1 aliphatic rings. The average Bonchev–Trinajstić information content (AvgIpc) is 3.29. The fraction of sp³-hybridized carbons (Fsp3) is 0.240. The van der Waals surface area contributed by atoms with Gasteiger partial charge in [0.25, 0.3) is 5.91 Å². The standard InChI is InChI=1S/C25H26N2O/c1-2-19-5-7-20(8-6-19)21-9-11-22(12-10-21)25(28)26-23-13-15-24(16-14-23)27-17-3-4-18-27/h5-16H,2-4,17-18H2,1H3,(H,26,28). The van der Waals surface area contributed by atoms with E-state index in [1.165, 1.54) is 29.7 Å². The molecule has 0 spiro atoms. The lowest BCUT2D eigenvalue weighted by molar-refractivity contribution is 0.102. The Hall–Kier alpha value is -3.07. The van der Waals surface area contributed by atoms with Crippen LogP contribution in [0, 0.1) is 0 Å². The van der Waals surface area contributed by atoms with E-state index in [0.717, 1.165) is 30.8 Å². The van der Waals surface area contributed by atoms with Gasteiger partial charge in [0.1, 0.15) is 0 Å². The monoisotopic (exact) mass is 370 g/mol. The second-order valence-electron chi connectivity index (χ2n) is 7.32. The van der Waals surface area contributed by atoms with Gasteiger partial charge in [-0.3, -0.25) is 4.79 Å². The van der Waals surface area contributed by atoms with Crippen LogP contribution in [0.4, 0.5) is 11.4 Å². The molecule has 1 aliphatic heterocycles. The van der Waals surface area contributed by atoms with Gasteiger partial charge in [-0.2, -0.15) is 0 Å². The van der Waals surface area contributed by atoms with E-state index in [-0.39, 0.29) is 5.91 Å². The molecule has 1 N–H and O–H groups in total. The molecule has 3 aromatic carbocycles. The zero-order valence-electron chi connectivity index (χ0n) is 16.3. The normalized spacial score (nSPS) is 13.5. The molecule has 0 radical (unpaired) electrons. The van der Waals surface area contributed by atoms with Gasteiger partial charge in [-0.15, -0.1) is 0 Å². The third kappa shape index (κ3) is 4.09. The van der Waals surface area contributed by atoms with Crippen molar-refractivity contribution in [2.24, 2.45) is 0 Å². The van der Waals surface area contributed by atoms with Crippen LogP contribution in [0.5, 0.6) is 0 Å². The number of benzene rings is 3. The van der Waals surface area contributed by atoms with Crippen molar-refractivity contribution in [1.29, 1.82) is 0 Å². The summed E-state index contributed by atoms with van der Waals surface area (Å²) in [7, 11) is 0. The summed E-state index contributed by atoms with van der Waals surface area (Å²) < 4.78 is 0. The Labute approximate surface area is 167 Å². The Balaban J connectivity index is 1.41. The van der Waals surface area contributed by atoms with Crippen LogP contribution < -0.4 is 10.2 Å². The number of hydrogen-bond acceptors (Lipinski definition) is 2. The summed E-state index contributed by atoms with van der Waals surface area (Å²) >= 11 is 0. The third-order valence-electron chi connectivity index (χ3n) is 5.44. The summed E-state index contributed by atoms with van der Waals surface area (Å²) in [4.78, 5) is 15.0. The quantitative estimate of drug-likeness (QED) is 0.618. The van der Waals surface area contributed by atoms with E-state index in [1.54, 1.807) is 0 Å². The molecule has 3 aromatic rings. The molecule has 0 bridgehead atoms. The molecule has 1 fully saturated rings. The Bertz CT molecular complexity index is 922. The summed E-state index contributed by atoms with van der Waals surface area (Å²) in [6, 6.07) is 24.5. The van der Waals surface area contributed by atoms with Crippen LogP contribution in [0.3, 0.4) is 0 Å². The van der Waals surface area contributed by atoms with Crippen LogP contribution in [0.15, 0.2) is 72.8 Å². The molecule has 0 saturated carbocycles. The summed E-state index contributed by atoms with van der Waals surface area (Å²) in [5.74, 6) is -0.0817. The number of nitrogens with one attached hydrogen (secondary N) is 1. The van der Waals surface area contributed by atoms with E-state index >= 15 is 0 Å². The van der Waals surface area contributed by atoms with Gasteiger partial charge in [0, 0.05) is 30.0 Å². The molecule has 0 aromatic heterocycles. The number of carbonyl (C=O) groups is 1. The molecule has 3 heteroatoms. The van der Waals surface area contributed by atoms with Gasteiger partial charge in [-0.1, -0.05) is 43.3 Å². The number of nitrogens with zero attached hydrogens (tertiary/aromatic N) is 1. The first-order valence-corrected chi connectivity index (χ1v) is 10.1. The van der Waals surface area contributed by atoms with Crippen LogP contribution in [0.25, 0.3) is 11.1 Å². The average molecular weight is 370 g/mol. The fourth-order valence-electron chi connectivity index (χ4n) is 3.68. The molecular formula is C25H26N2O. The number of amides is 1. The molecule has 1 heterocycles. The Kier molecular flexibility index (Phi) is 5.43. The highest BCUT2D eigenvalue weighted by Gasteiger charge is 2.12. The molecule has 0 unspecified atom stereocenters. The maximum absolute atomic E-state index is 12.6. The zero-order chi connectivity index (χ0) is 19.3. The minimum Gasteiger partial charge on any atom is -0.372 e. The number of carbonyl (C=O) groups excluding carboxylic acids is 1. The summed E-state index contributed by atoms with van der Waals surface area (Å²) in [6.45, 7) is 4.40. The number of anilines is 2. The van der Waals surface area contributed by atoms with E-state index in [9.17, 15) is 4.79 Å². The van der Waals surface area contributed by atoms with Crippen LogP contribution >= 0.6 is 0 Å². The highest BCUT2D eigenvalue weighted by Crippen LogP contribution is 2.23. The van der Waals surface area contributed by atoms with E-state index in [0.29, 0.717) is 5.56 Å². The first-order chi connectivity index (χ1) is 13.7. The number of hydrogen-bond donors (Lipinski definition) is 1. The largest absolute Gasteiger partial charge is 0.372 e. The van der Waals surface area contributed by atoms with Gasteiger partial charge in [0.2, 0.25) is 0 Å². The van der Waals surface area contributed by atoms with Crippen molar-refractivity contribution < 1.29 is 4.79 Å². The predicted octanol–water partition coefficient (Wildman–Crippen LogP) is 5.77. The maximum Gasteiger partial charge on any atom is 0.255 e. The zero-order valence-corrected chi connectivity index (χ0v) is 16.3. The molecule has 1 amide bonds. The van der Waals surface area contributed by atoms with Crippen molar-refractivity contribution in [1.82, 2.24) is 0 Å². The Morgan fingerprint density at radius 2 is 1.39 bits per heavy atom. The summed E-state index contributed by atoms with van der Waals surface area (Å²) in [6.07, 6.45) is 3.56.